The Hall–Kier alpha value is -1.02. The van der Waals surface area contributed by atoms with Gasteiger partial charge >= 0.3 is 0 Å². The number of pyridine rings is 1. The summed E-state index contributed by atoms with van der Waals surface area (Å²) in [6, 6.07) is 3.55. The van der Waals surface area contributed by atoms with Crippen molar-refractivity contribution >= 4 is 16.6 Å². The predicted octanol–water partition coefficient (Wildman–Crippen LogP) is 2.30. The summed E-state index contributed by atoms with van der Waals surface area (Å²) in [5.74, 6) is 0.576. The monoisotopic (exact) mass is 169 g/mol. The van der Waals surface area contributed by atoms with E-state index in [2.05, 4.69) is 11.6 Å². The first-order valence-electron chi connectivity index (χ1n) is 3.09. The van der Waals surface area contributed by atoms with Crippen LogP contribution >= 0.6 is 11.6 Å². The molecule has 0 radical (unpaired) electrons. The van der Waals surface area contributed by atoms with Gasteiger partial charge in [0.15, 0.2) is 0 Å². The zero-order chi connectivity index (χ0) is 8.27. The summed E-state index contributed by atoms with van der Waals surface area (Å²) in [4.78, 5) is 3.95. The second-order valence-electron chi connectivity index (χ2n) is 1.99. The van der Waals surface area contributed by atoms with Crippen LogP contribution in [0.2, 0.25) is 0 Å². The molecule has 0 aromatic carbocycles. The molecule has 0 aliphatic rings. The number of hydrogen-bond acceptors (Lipinski definition) is 2. The second kappa shape index (κ2) is 3.39. The van der Waals surface area contributed by atoms with Gasteiger partial charge in [-0.25, -0.2) is 4.98 Å². The Bertz CT molecular complexity index is 255. The van der Waals surface area contributed by atoms with Crippen molar-refractivity contribution in [2.45, 2.75) is 0 Å². The van der Waals surface area contributed by atoms with E-state index in [4.69, 9.17) is 16.3 Å². The highest BCUT2D eigenvalue weighted by molar-refractivity contribution is 6.48. The van der Waals surface area contributed by atoms with E-state index in [1.807, 2.05) is 0 Å². The summed E-state index contributed by atoms with van der Waals surface area (Å²) in [7, 11) is 1.57. The van der Waals surface area contributed by atoms with Gasteiger partial charge in [-0.15, -0.1) is 0 Å². The summed E-state index contributed by atoms with van der Waals surface area (Å²) in [5, 5.41) is 0.486. The molecule has 0 spiro atoms. The van der Waals surface area contributed by atoms with E-state index >= 15 is 0 Å². The highest BCUT2D eigenvalue weighted by atomic mass is 35.5. The number of ether oxygens (including phenoxy) is 1. The van der Waals surface area contributed by atoms with E-state index in [0.29, 0.717) is 10.9 Å². The first-order valence-corrected chi connectivity index (χ1v) is 3.46. The lowest BCUT2D eigenvalue weighted by atomic mass is 10.3. The van der Waals surface area contributed by atoms with Crippen LogP contribution in [-0.4, -0.2) is 12.1 Å². The molecule has 1 aromatic heterocycles. The normalized spacial score (nSPS) is 9.27. The van der Waals surface area contributed by atoms with Crippen LogP contribution in [0.25, 0.3) is 5.03 Å². The van der Waals surface area contributed by atoms with Gasteiger partial charge < -0.3 is 4.74 Å². The zero-order valence-corrected chi connectivity index (χ0v) is 6.93. The van der Waals surface area contributed by atoms with Crippen LogP contribution in [0.5, 0.6) is 5.88 Å². The molecular weight excluding hydrogens is 162 g/mol. The summed E-state index contributed by atoms with van der Waals surface area (Å²) < 4.78 is 4.87. The maximum Gasteiger partial charge on any atom is 0.212 e. The Balaban J connectivity index is 2.91. The number of nitrogens with zero attached hydrogens (tertiary/aromatic N) is 1. The van der Waals surface area contributed by atoms with Crippen molar-refractivity contribution in [3.63, 3.8) is 0 Å². The average Bonchev–Trinajstić information content (AvgIpc) is 2.05. The molecule has 0 fully saturated rings. The Kier molecular flexibility index (Phi) is 2.49. The number of halogens is 1. The highest BCUT2D eigenvalue weighted by Crippen LogP contribution is 2.16. The van der Waals surface area contributed by atoms with Gasteiger partial charge in [0.05, 0.1) is 7.11 Å². The van der Waals surface area contributed by atoms with E-state index in [1.54, 1.807) is 25.4 Å². The molecule has 0 saturated heterocycles. The van der Waals surface area contributed by atoms with Gasteiger partial charge in [-0.05, 0) is 6.07 Å². The van der Waals surface area contributed by atoms with Gasteiger partial charge in [-0.2, -0.15) is 0 Å². The zero-order valence-electron chi connectivity index (χ0n) is 6.17. The van der Waals surface area contributed by atoms with Crippen LogP contribution in [0.4, 0.5) is 0 Å². The van der Waals surface area contributed by atoms with Crippen LogP contribution in [0.3, 0.4) is 0 Å². The van der Waals surface area contributed by atoms with Crippen LogP contribution < -0.4 is 4.74 Å². The molecule has 1 heterocycles. The Morgan fingerprint density at radius 1 is 1.64 bits per heavy atom. The largest absolute Gasteiger partial charge is 0.481 e. The van der Waals surface area contributed by atoms with Gasteiger partial charge in [0.25, 0.3) is 0 Å². The highest BCUT2D eigenvalue weighted by Gasteiger charge is 1.95. The minimum absolute atomic E-state index is 0.486. The average molecular weight is 170 g/mol. The number of rotatable bonds is 2. The van der Waals surface area contributed by atoms with Crippen molar-refractivity contribution in [2.24, 2.45) is 0 Å². The standard InChI is InChI=1S/C8H8ClNO/c1-6(9)7-3-4-8(11-2)10-5-7/h3-5H,1H2,2H3. The summed E-state index contributed by atoms with van der Waals surface area (Å²) in [5.41, 5.74) is 0.812. The molecule has 2 nitrogen and oxygen atoms in total. The Morgan fingerprint density at radius 2 is 2.36 bits per heavy atom. The van der Waals surface area contributed by atoms with Crippen molar-refractivity contribution in [3.05, 3.63) is 30.5 Å². The van der Waals surface area contributed by atoms with Gasteiger partial charge in [0, 0.05) is 22.9 Å². The molecule has 0 amide bonds. The number of hydrogen-bond donors (Lipinski definition) is 0. The van der Waals surface area contributed by atoms with Crippen LogP contribution in [0, 0.1) is 0 Å². The third-order valence-corrected chi connectivity index (χ3v) is 1.48. The Labute approximate surface area is 70.5 Å². The topological polar surface area (TPSA) is 22.1 Å². The third-order valence-electron chi connectivity index (χ3n) is 1.26. The molecule has 0 aliphatic carbocycles. The van der Waals surface area contributed by atoms with Crippen molar-refractivity contribution in [1.82, 2.24) is 4.98 Å². The molecule has 0 atom stereocenters. The van der Waals surface area contributed by atoms with Gasteiger partial charge in [-0.3, -0.25) is 0 Å². The maximum absolute atomic E-state index is 5.62. The predicted molar refractivity (Wildman–Crippen MR) is 45.7 cm³/mol. The lowest BCUT2D eigenvalue weighted by Crippen LogP contribution is -1.86. The third kappa shape index (κ3) is 1.95. The number of aromatic nitrogens is 1. The molecule has 0 aliphatic heterocycles. The fourth-order valence-corrected chi connectivity index (χ4v) is 0.773. The van der Waals surface area contributed by atoms with E-state index in [1.165, 1.54) is 0 Å². The minimum Gasteiger partial charge on any atom is -0.481 e. The molecule has 1 rings (SSSR count). The van der Waals surface area contributed by atoms with E-state index in [0.717, 1.165) is 5.56 Å². The molecule has 1 aromatic rings. The first kappa shape index (κ1) is 8.08. The van der Waals surface area contributed by atoms with Gasteiger partial charge in [0.2, 0.25) is 5.88 Å². The molecule has 0 saturated carbocycles. The van der Waals surface area contributed by atoms with Crippen molar-refractivity contribution in [1.29, 1.82) is 0 Å². The van der Waals surface area contributed by atoms with Gasteiger partial charge in [-0.1, -0.05) is 18.2 Å². The van der Waals surface area contributed by atoms with Crippen LogP contribution in [-0.2, 0) is 0 Å². The van der Waals surface area contributed by atoms with E-state index in [-0.39, 0.29) is 0 Å². The van der Waals surface area contributed by atoms with E-state index < -0.39 is 0 Å². The molecule has 3 heteroatoms. The molecule has 0 bridgehead atoms. The first-order chi connectivity index (χ1) is 5.24. The minimum atomic E-state index is 0.486. The molecule has 0 N–H and O–H groups in total. The summed E-state index contributed by atoms with van der Waals surface area (Å²) >= 11 is 5.62. The number of methoxy groups -OCH3 is 1. The van der Waals surface area contributed by atoms with E-state index in [9.17, 15) is 0 Å². The quantitative estimate of drug-likeness (QED) is 0.678. The van der Waals surface area contributed by atoms with Gasteiger partial charge in [0.1, 0.15) is 0 Å². The summed E-state index contributed by atoms with van der Waals surface area (Å²) in [6.45, 7) is 3.57. The fraction of sp³-hybridized carbons (Fsp3) is 0.125. The fourth-order valence-electron chi connectivity index (χ4n) is 0.662. The van der Waals surface area contributed by atoms with Crippen LogP contribution in [0.15, 0.2) is 24.9 Å². The molecule has 58 valence electrons. The van der Waals surface area contributed by atoms with Crippen molar-refractivity contribution in [2.75, 3.05) is 7.11 Å². The molecular formula is C8H8ClNO. The summed E-state index contributed by atoms with van der Waals surface area (Å²) in [6.07, 6.45) is 1.62. The van der Waals surface area contributed by atoms with Crippen LogP contribution in [0.1, 0.15) is 5.56 Å². The Morgan fingerprint density at radius 3 is 2.73 bits per heavy atom. The second-order valence-corrected chi connectivity index (χ2v) is 2.45. The molecule has 0 unspecified atom stereocenters. The van der Waals surface area contributed by atoms with Crippen molar-refractivity contribution in [3.8, 4) is 5.88 Å². The van der Waals surface area contributed by atoms with Crippen molar-refractivity contribution < 1.29 is 4.74 Å². The molecule has 11 heavy (non-hydrogen) atoms. The smallest absolute Gasteiger partial charge is 0.212 e. The maximum atomic E-state index is 5.62. The lowest BCUT2D eigenvalue weighted by molar-refractivity contribution is 0.398. The SMILES string of the molecule is C=C(Cl)c1ccc(OC)nc1. The lowest BCUT2D eigenvalue weighted by Gasteiger charge is -1.98.